The molecule has 3 aromatic carbocycles. The molecule has 1 aromatic heterocycles. The summed E-state index contributed by atoms with van der Waals surface area (Å²) in [5, 5.41) is 8.47. The van der Waals surface area contributed by atoms with Crippen molar-refractivity contribution in [3.8, 4) is 17.1 Å². The van der Waals surface area contributed by atoms with E-state index in [1.165, 1.54) is 5.56 Å². The topological polar surface area (TPSA) is 63.4 Å². The molecule has 7 heteroatoms. The lowest BCUT2D eigenvalue weighted by Crippen LogP contribution is -2.45. The van der Waals surface area contributed by atoms with Crippen LogP contribution in [0.3, 0.4) is 0 Å². The fraction of sp³-hybridized carbons (Fsp3) is 0.207. The highest BCUT2D eigenvalue weighted by molar-refractivity contribution is 7.80. The standard InChI is InChI=1S/C29H28N4O2S/c1-4-20-13-15-22(16-14-20)27-31-28(35-32-27)25-19(2)33(18-21-9-6-5-7-10-21)29(36)30-26(25)23-11-8-12-24(17-23)34-3/h5-17,26H,4,18H2,1-3H3,(H,30,36). The summed E-state index contributed by atoms with van der Waals surface area (Å²) >= 11 is 5.83. The molecule has 0 fully saturated rings. The van der Waals surface area contributed by atoms with Crippen LogP contribution in [0, 0.1) is 0 Å². The number of aromatic nitrogens is 2. The molecular weight excluding hydrogens is 468 g/mol. The molecule has 0 bridgehead atoms. The van der Waals surface area contributed by atoms with Gasteiger partial charge in [0.15, 0.2) is 5.11 Å². The van der Waals surface area contributed by atoms with E-state index in [9.17, 15) is 0 Å². The van der Waals surface area contributed by atoms with E-state index in [4.69, 9.17) is 26.5 Å². The van der Waals surface area contributed by atoms with Gasteiger partial charge in [0, 0.05) is 17.8 Å². The van der Waals surface area contributed by atoms with E-state index in [0.717, 1.165) is 40.1 Å². The minimum absolute atomic E-state index is 0.268. The second-order valence-electron chi connectivity index (χ2n) is 8.70. The molecule has 0 aliphatic carbocycles. The molecule has 0 spiro atoms. The van der Waals surface area contributed by atoms with Gasteiger partial charge in [0.25, 0.3) is 5.89 Å². The maximum Gasteiger partial charge on any atom is 0.258 e. The summed E-state index contributed by atoms with van der Waals surface area (Å²) in [7, 11) is 1.66. The van der Waals surface area contributed by atoms with Gasteiger partial charge in [0.2, 0.25) is 5.82 Å². The maximum atomic E-state index is 5.87. The lowest BCUT2D eigenvalue weighted by Gasteiger charge is -2.37. The molecule has 0 saturated heterocycles. The Morgan fingerprint density at radius 2 is 1.78 bits per heavy atom. The maximum absolute atomic E-state index is 5.87. The molecule has 4 aromatic rings. The quantitative estimate of drug-likeness (QED) is 0.307. The predicted octanol–water partition coefficient (Wildman–Crippen LogP) is 6.17. The van der Waals surface area contributed by atoms with Crippen LogP contribution in [0.2, 0.25) is 0 Å². The smallest absolute Gasteiger partial charge is 0.258 e. The van der Waals surface area contributed by atoms with Crippen molar-refractivity contribution >= 4 is 22.9 Å². The van der Waals surface area contributed by atoms with E-state index in [-0.39, 0.29) is 6.04 Å². The Balaban J connectivity index is 1.59. The van der Waals surface area contributed by atoms with Crippen LogP contribution in [-0.2, 0) is 13.0 Å². The number of benzene rings is 3. The zero-order chi connectivity index (χ0) is 25.1. The first-order valence-corrected chi connectivity index (χ1v) is 12.4. The monoisotopic (exact) mass is 496 g/mol. The van der Waals surface area contributed by atoms with Crippen LogP contribution in [-0.4, -0.2) is 27.3 Å². The SMILES string of the molecule is CCc1ccc(-c2noc(C3=C(C)N(Cc4ccccc4)C(=S)NC3c3cccc(OC)c3)n2)cc1. The second kappa shape index (κ2) is 10.3. The summed E-state index contributed by atoms with van der Waals surface area (Å²) in [4.78, 5) is 6.90. The van der Waals surface area contributed by atoms with Crippen LogP contribution in [0.1, 0.15) is 42.5 Å². The predicted molar refractivity (Wildman–Crippen MR) is 145 cm³/mol. The minimum Gasteiger partial charge on any atom is -0.497 e. The van der Waals surface area contributed by atoms with Crippen molar-refractivity contribution in [1.82, 2.24) is 20.4 Å². The number of hydrogen-bond acceptors (Lipinski definition) is 5. The third-order valence-electron chi connectivity index (χ3n) is 6.48. The van der Waals surface area contributed by atoms with Crippen LogP contribution in [0.4, 0.5) is 0 Å². The average Bonchev–Trinajstić information content (AvgIpc) is 3.41. The van der Waals surface area contributed by atoms with Crippen LogP contribution in [0.25, 0.3) is 17.0 Å². The highest BCUT2D eigenvalue weighted by atomic mass is 32.1. The molecular formula is C29H28N4O2S. The molecule has 36 heavy (non-hydrogen) atoms. The Hall–Kier alpha value is -3.97. The molecule has 6 nitrogen and oxygen atoms in total. The van der Waals surface area contributed by atoms with Gasteiger partial charge in [0.05, 0.1) is 18.7 Å². The number of rotatable bonds is 7. The molecule has 0 radical (unpaired) electrons. The molecule has 1 N–H and O–H groups in total. The third-order valence-corrected chi connectivity index (χ3v) is 6.82. The van der Waals surface area contributed by atoms with Crippen molar-refractivity contribution in [2.24, 2.45) is 0 Å². The zero-order valence-electron chi connectivity index (χ0n) is 20.6. The van der Waals surface area contributed by atoms with Gasteiger partial charge in [-0.2, -0.15) is 4.98 Å². The first-order valence-electron chi connectivity index (χ1n) is 12.0. The van der Waals surface area contributed by atoms with Gasteiger partial charge >= 0.3 is 0 Å². The molecule has 1 unspecified atom stereocenters. The van der Waals surface area contributed by atoms with Crippen molar-refractivity contribution in [2.75, 3.05) is 7.11 Å². The van der Waals surface area contributed by atoms with Gasteiger partial charge in [-0.1, -0.05) is 78.8 Å². The van der Waals surface area contributed by atoms with E-state index in [0.29, 0.717) is 23.4 Å². The Kier molecular flexibility index (Phi) is 6.82. The van der Waals surface area contributed by atoms with Crippen molar-refractivity contribution in [3.05, 3.63) is 107 Å². The highest BCUT2D eigenvalue weighted by Gasteiger charge is 2.34. The molecule has 182 valence electrons. The number of allylic oxidation sites excluding steroid dienone is 1. The van der Waals surface area contributed by atoms with Gasteiger partial charge in [-0.3, -0.25) is 0 Å². The van der Waals surface area contributed by atoms with Gasteiger partial charge in [0.1, 0.15) is 5.75 Å². The Morgan fingerprint density at radius 1 is 1.00 bits per heavy atom. The number of nitrogens with zero attached hydrogens (tertiary/aromatic N) is 3. The van der Waals surface area contributed by atoms with E-state index in [1.807, 2.05) is 54.6 Å². The van der Waals surface area contributed by atoms with E-state index in [1.54, 1.807) is 7.11 Å². The first-order chi connectivity index (χ1) is 17.6. The van der Waals surface area contributed by atoms with Crippen molar-refractivity contribution < 1.29 is 9.26 Å². The fourth-order valence-electron chi connectivity index (χ4n) is 4.43. The lowest BCUT2D eigenvalue weighted by atomic mass is 9.94. The molecule has 1 aliphatic heterocycles. The number of aryl methyl sites for hydroxylation is 1. The Bertz CT molecular complexity index is 1400. The van der Waals surface area contributed by atoms with Gasteiger partial charge in [-0.15, -0.1) is 0 Å². The molecule has 0 saturated carbocycles. The summed E-state index contributed by atoms with van der Waals surface area (Å²) < 4.78 is 11.4. The number of thiocarbonyl (C=S) groups is 1. The molecule has 2 heterocycles. The molecule has 1 atom stereocenters. The van der Waals surface area contributed by atoms with Crippen molar-refractivity contribution in [2.45, 2.75) is 32.9 Å². The Labute approximate surface area is 216 Å². The van der Waals surface area contributed by atoms with E-state index in [2.05, 4.69) is 53.5 Å². The summed E-state index contributed by atoms with van der Waals surface area (Å²) in [5.41, 5.74) is 6.18. The normalized spacial score (nSPS) is 15.7. The average molecular weight is 497 g/mol. The lowest BCUT2D eigenvalue weighted by molar-refractivity contribution is 0.395. The Morgan fingerprint density at radius 3 is 2.50 bits per heavy atom. The second-order valence-corrected chi connectivity index (χ2v) is 9.09. The van der Waals surface area contributed by atoms with E-state index < -0.39 is 0 Å². The van der Waals surface area contributed by atoms with Crippen molar-refractivity contribution in [3.63, 3.8) is 0 Å². The fourth-order valence-corrected chi connectivity index (χ4v) is 4.74. The number of ether oxygens (including phenoxy) is 1. The summed E-state index contributed by atoms with van der Waals surface area (Å²) in [6.07, 6.45) is 0.981. The number of hydrogen-bond donors (Lipinski definition) is 1. The van der Waals surface area contributed by atoms with Gasteiger partial charge in [-0.05, 0) is 54.4 Å². The summed E-state index contributed by atoms with van der Waals surface area (Å²) in [5.74, 6) is 1.79. The molecule has 1 aliphatic rings. The number of nitrogens with one attached hydrogen (secondary N) is 1. The van der Waals surface area contributed by atoms with Gasteiger partial charge < -0.3 is 19.5 Å². The van der Waals surface area contributed by atoms with Crippen LogP contribution in [0.15, 0.2) is 89.1 Å². The highest BCUT2D eigenvalue weighted by Crippen LogP contribution is 2.38. The molecule has 5 rings (SSSR count). The van der Waals surface area contributed by atoms with Crippen molar-refractivity contribution in [1.29, 1.82) is 0 Å². The largest absolute Gasteiger partial charge is 0.497 e. The number of methoxy groups -OCH3 is 1. The van der Waals surface area contributed by atoms with Crippen LogP contribution < -0.4 is 10.1 Å². The molecule has 0 amide bonds. The first kappa shape index (κ1) is 23.8. The third kappa shape index (κ3) is 4.75. The zero-order valence-corrected chi connectivity index (χ0v) is 21.4. The van der Waals surface area contributed by atoms with Crippen LogP contribution >= 0.6 is 12.2 Å². The minimum atomic E-state index is -0.268. The summed E-state index contributed by atoms with van der Waals surface area (Å²) in [6.45, 7) is 4.82. The van der Waals surface area contributed by atoms with E-state index >= 15 is 0 Å². The summed E-state index contributed by atoms with van der Waals surface area (Å²) in [6, 6.07) is 26.2. The van der Waals surface area contributed by atoms with Crippen LogP contribution in [0.5, 0.6) is 5.75 Å². The van der Waals surface area contributed by atoms with Gasteiger partial charge in [-0.25, -0.2) is 0 Å².